The number of nitrogens with zero attached hydrogens (tertiary/aromatic N) is 6. The number of anilines is 1. The van der Waals surface area contributed by atoms with E-state index >= 15 is 0 Å². The van der Waals surface area contributed by atoms with Gasteiger partial charge in [-0.25, -0.2) is 4.99 Å². The standard InChI is InChI=1S/C23H37N7S.HI/c1-18(2)21-17-30(14-15-31-21)23(25-16-22-27-26-19(3)29(22)5)24-12-9-13-28(4)20-10-7-6-8-11-20;/h6-8,10-11,18,21H,9,12-17H2,1-5H3,(H,24,25);1H. The minimum absolute atomic E-state index is 0. The van der Waals surface area contributed by atoms with Crippen molar-refractivity contribution in [2.75, 3.05) is 43.9 Å². The van der Waals surface area contributed by atoms with Crippen molar-refractivity contribution in [2.45, 2.75) is 39.0 Å². The minimum Gasteiger partial charge on any atom is -0.375 e. The first-order valence-electron chi connectivity index (χ1n) is 11.2. The molecule has 0 aliphatic carbocycles. The molecule has 3 rings (SSSR count). The van der Waals surface area contributed by atoms with Crippen LogP contribution in [-0.4, -0.2) is 69.9 Å². The van der Waals surface area contributed by atoms with Crippen molar-refractivity contribution in [3.63, 3.8) is 0 Å². The topological polar surface area (TPSA) is 61.6 Å². The van der Waals surface area contributed by atoms with E-state index in [1.165, 1.54) is 5.69 Å². The fourth-order valence-electron chi connectivity index (χ4n) is 3.60. The van der Waals surface area contributed by atoms with Crippen LogP contribution in [0.15, 0.2) is 35.3 Å². The molecule has 9 heteroatoms. The molecule has 7 nitrogen and oxygen atoms in total. The molecular weight excluding hydrogens is 533 g/mol. The van der Waals surface area contributed by atoms with Gasteiger partial charge in [0.15, 0.2) is 11.8 Å². The Labute approximate surface area is 214 Å². The maximum atomic E-state index is 4.95. The molecule has 1 saturated heterocycles. The van der Waals surface area contributed by atoms with E-state index in [1.54, 1.807) is 0 Å². The van der Waals surface area contributed by atoms with Crippen LogP contribution in [0.3, 0.4) is 0 Å². The summed E-state index contributed by atoms with van der Waals surface area (Å²) in [7, 11) is 4.15. The maximum absolute atomic E-state index is 4.95. The van der Waals surface area contributed by atoms with E-state index < -0.39 is 0 Å². The van der Waals surface area contributed by atoms with Crippen molar-refractivity contribution in [1.82, 2.24) is 25.0 Å². The zero-order valence-corrected chi connectivity index (χ0v) is 23.1. The van der Waals surface area contributed by atoms with Crippen LogP contribution in [0.4, 0.5) is 5.69 Å². The van der Waals surface area contributed by atoms with Gasteiger partial charge in [0.1, 0.15) is 12.4 Å². The van der Waals surface area contributed by atoms with Crippen molar-refractivity contribution in [3.8, 4) is 0 Å². The Balaban J connectivity index is 0.00000363. The molecule has 2 aromatic rings. The predicted octanol–water partition coefficient (Wildman–Crippen LogP) is 3.79. The number of guanidine groups is 1. The first-order valence-corrected chi connectivity index (χ1v) is 12.3. The molecule has 1 aromatic heterocycles. The van der Waals surface area contributed by atoms with E-state index in [0.717, 1.165) is 56.0 Å². The number of thioether (sulfide) groups is 1. The zero-order valence-electron chi connectivity index (χ0n) is 20.0. The van der Waals surface area contributed by atoms with Gasteiger partial charge < -0.3 is 19.7 Å². The quantitative estimate of drug-likeness (QED) is 0.225. The highest BCUT2D eigenvalue weighted by Crippen LogP contribution is 2.25. The van der Waals surface area contributed by atoms with Crippen LogP contribution >= 0.6 is 35.7 Å². The van der Waals surface area contributed by atoms with E-state index in [1.807, 2.05) is 18.5 Å². The van der Waals surface area contributed by atoms with Gasteiger partial charge in [-0.3, -0.25) is 0 Å². The third kappa shape index (κ3) is 7.54. The Hall–Kier alpha value is -1.49. The fraction of sp³-hybridized carbons (Fsp3) is 0.609. The third-order valence-corrected chi connectivity index (χ3v) is 7.38. The van der Waals surface area contributed by atoms with Gasteiger partial charge in [-0.05, 0) is 31.4 Å². The summed E-state index contributed by atoms with van der Waals surface area (Å²) in [5, 5.41) is 12.7. The van der Waals surface area contributed by atoms with E-state index in [2.05, 4.69) is 88.3 Å². The van der Waals surface area contributed by atoms with Gasteiger partial charge in [0.05, 0.1) is 0 Å². The molecule has 0 radical (unpaired) electrons. The van der Waals surface area contributed by atoms with Gasteiger partial charge in [0.25, 0.3) is 0 Å². The molecule has 0 amide bonds. The summed E-state index contributed by atoms with van der Waals surface area (Å²) in [6.45, 7) is 11.1. The smallest absolute Gasteiger partial charge is 0.194 e. The van der Waals surface area contributed by atoms with E-state index in [-0.39, 0.29) is 24.0 Å². The van der Waals surface area contributed by atoms with Crippen LogP contribution in [-0.2, 0) is 13.6 Å². The second-order valence-electron chi connectivity index (χ2n) is 8.50. The van der Waals surface area contributed by atoms with Gasteiger partial charge in [-0.1, -0.05) is 32.0 Å². The molecule has 1 aromatic carbocycles. The largest absolute Gasteiger partial charge is 0.375 e. The Bertz CT molecular complexity index is 840. The molecule has 1 N–H and O–H groups in total. The van der Waals surface area contributed by atoms with Crippen molar-refractivity contribution in [2.24, 2.45) is 18.0 Å². The van der Waals surface area contributed by atoms with Gasteiger partial charge >= 0.3 is 0 Å². The van der Waals surface area contributed by atoms with Gasteiger partial charge in [-0.2, -0.15) is 11.8 Å². The maximum Gasteiger partial charge on any atom is 0.194 e. The lowest BCUT2D eigenvalue weighted by atomic mass is 10.1. The van der Waals surface area contributed by atoms with Crippen LogP contribution in [0.25, 0.3) is 0 Å². The molecule has 2 heterocycles. The fourth-order valence-corrected chi connectivity index (χ4v) is 4.90. The number of benzene rings is 1. The van der Waals surface area contributed by atoms with Crippen molar-refractivity contribution < 1.29 is 0 Å². The van der Waals surface area contributed by atoms with E-state index in [9.17, 15) is 0 Å². The molecule has 0 spiro atoms. The Morgan fingerprint density at radius 3 is 2.69 bits per heavy atom. The summed E-state index contributed by atoms with van der Waals surface area (Å²) in [6, 6.07) is 10.5. The lowest BCUT2D eigenvalue weighted by molar-refractivity contribution is 0.379. The average molecular weight is 572 g/mol. The Morgan fingerprint density at radius 1 is 1.28 bits per heavy atom. The van der Waals surface area contributed by atoms with Crippen LogP contribution in [0, 0.1) is 12.8 Å². The van der Waals surface area contributed by atoms with Crippen molar-refractivity contribution >= 4 is 47.4 Å². The van der Waals surface area contributed by atoms with Gasteiger partial charge in [0.2, 0.25) is 0 Å². The molecule has 1 fully saturated rings. The van der Waals surface area contributed by atoms with Crippen molar-refractivity contribution in [3.05, 3.63) is 42.0 Å². The second-order valence-corrected chi connectivity index (χ2v) is 9.85. The lowest BCUT2D eigenvalue weighted by Crippen LogP contribution is -2.49. The summed E-state index contributed by atoms with van der Waals surface area (Å²) < 4.78 is 2.01. The number of halogens is 1. The zero-order chi connectivity index (χ0) is 22.2. The second kappa shape index (κ2) is 13.3. The monoisotopic (exact) mass is 571 g/mol. The Morgan fingerprint density at radius 2 is 2.03 bits per heavy atom. The number of aliphatic imine (C=N–C) groups is 1. The third-order valence-electron chi connectivity index (χ3n) is 5.84. The molecule has 0 bridgehead atoms. The number of aromatic nitrogens is 3. The highest BCUT2D eigenvalue weighted by atomic mass is 127. The highest BCUT2D eigenvalue weighted by Gasteiger charge is 2.25. The number of nitrogens with one attached hydrogen (secondary N) is 1. The number of rotatable bonds is 8. The Kier molecular flexibility index (Phi) is 11.1. The predicted molar refractivity (Wildman–Crippen MR) is 147 cm³/mol. The van der Waals surface area contributed by atoms with Crippen LogP contribution < -0.4 is 10.2 Å². The number of aryl methyl sites for hydroxylation is 1. The average Bonchev–Trinajstić information content (AvgIpc) is 3.11. The molecule has 1 aliphatic rings. The summed E-state index contributed by atoms with van der Waals surface area (Å²) in [6.07, 6.45) is 1.05. The van der Waals surface area contributed by atoms with Crippen LogP contribution in [0.2, 0.25) is 0 Å². The summed E-state index contributed by atoms with van der Waals surface area (Å²) in [5.41, 5.74) is 1.25. The molecular formula is C23H38IN7S. The van der Waals surface area contributed by atoms with Gasteiger partial charge in [-0.15, -0.1) is 34.2 Å². The summed E-state index contributed by atoms with van der Waals surface area (Å²) in [5.74, 6) is 4.61. The summed E-state index contributed by atoms with van der Waals surface area (Å²) >= 11 is 2.09. The molecule has 32 heavy (non-hydrogen) atoms. The first-order chi connectivity index (χ1) is 15.0. The van der Waals surface area contributed by atoms with Crippen LogP contribution in [0.5, 0.6) is 0 Å². The SMILES string of the molecule is Cc1nnc(CN=C(NCCCN(C)c2ccccc2)N2CCSC(C(C)C)C2)n1C.I. The molecule has 1 atom stereocenters. The first kappa shape index (κ1) is 26.8. The van der Waals surface area contributed by atoms with Crippen molar-refractivity contribution in [1.29, 1.82) is 0 Å². The van der Waals surface area contributed by atoms with E-state index in [4.69, 9.17) is 4.99 Å². The lowest BCUT2D eigenvalue weighted by Gasteiger charge is -2.36. The number of para-hydroxylation sites is 1. The summed E-state index contributed by atoms with van der Waals surface area (Å²) in [4.78, 5) is 9.67. The molecule has 1 unspecified atom stereocenters. The molecule has 0 saturated carbocycles. The van der Waals surface area contributed by atoms with Gasteiger partial charge in [0, 0.05) is 57.0 Å². The van der Waals surface area contributed by atoms with E-state index in [0.29, 0.717) is 17.7 Å². The molecule has 178 valence electrons. The normalized spacial score (nSPS) is 16.8. The number of hydrogen-bond donors (Lipinski definition) is 1. The number of hydrogen-bond acceptors (Lipinski definition) is 5. The molecule has 1 aliphatic heterocycles. The highest BCUT2D eigenvalue weighted by molar-refractivity contribution is 14.0. The minimum atomic E-state index is 0. The van der Waals surface area contributed by atoms with Crippen LogP contribution in [0.1, 0.15) is 31.9 Å².